The first-order chi connectivity index (χ1) is 12.9. The van der Waals surface area contributed by atoms with Crippen LogP contribution in [0.25, 0.3) is 0 Å². The topological polar surface area (TPSA) is 78.5 Å². The van der Waals surface area contributed by atoms with E-state index in [0.29, 0.717) is 24.9 Å². The van der Waals surface area contributed by atoms with E-state index in [1.807, 2.05) is 30.3 Å². The number of rotatable bonds is 5. The number of carbonyl (C=O) groups is 1. The Labute approximate surface area is 160 Å². The maximum atomic E-state index is 13.0. The number of piperidine rings is 1. The molecule has 3 rings (SSSR count). The van der Waals surface area contributed by atoms with Crippen LogP contribution in [-0.2, 0) is 10.0 Å². The molecule has 2 N–H and O–H groups in total. The van der Waals surface area contributed by atoms with E-state index < -0.39 is 15.9 Å². The number of hydrazine groups is 1. The Morgan fingerprint density at radius 3 is 2.33 bits per heavy atom. The largest absolute Gasteiger partial charge is 0.298 e. The second-order valence-electron chi connectivity index (χ2n) is 7.24. The molecule has 1 saturated heterocycles. The molecule has 2 aromatic carbocycles. The molecular formula is C20H25N3O3S. The molecule has 0 spiro atoms. The second-order valence-corrected chi connectivity index (χ2v) is 9.18. The van der Waals surface area contributed by atoms with Gasteiger partial charge in [0.25, 0.3) is 5.91 Å². The highest BCUT2D eigenvalue weighted by molar-refractivity contribution is 7.89. The lowest BCUT2D eigenvalue weighted by Crippen LogP contribution is -2.42. The van der Waals surface area contributed by atoms with E-state index in [0.717, 1.165) is 12.1 Å². The molecule has 1 fully saturated rings. The summed E-state index contributed by atoms with van der Waals surface area (Å²) in [5.41, 5.74) is 6.44. The Hall–Kier alpha value is -2.38. The minimum absolute atomic E-state index is 0.149. The Kier molecular flexibility index (Phi) is 5.82. The Bertz CT molecular complexity index is 890. The van der Waals surface area contributed by atoms with E-state index in [1.54, 1.807) is 18.2 Å². The molecule has 6 nitrogen and oxygen atoms in total. The molecule has 0 saturated carbocycles. The molecule has 0 bridgehead atoms. The fraction of sp³-hybridized carbons (Fsp3) is 0.350. The van der Waals surface area contributed by atoms with Crippen molar-refractivity contribution in [1.29, 1.82) is 0 Å². The zero-order valence-electron chi connectivity index (χ0n) is 15.6. The van der Waals surface area contributed by atoms with E-state index in [9.17, 15) is 13.2 Å². The van der Waals surface area contributed by atoms with E-state index in [2.05, 4.69) is 24.7 Å². The summed E-state index contributed by atoms with van der Waals surface area (Å²) in [4.78, 5) is 12.5. The van der Waals surface area contributed by atoms with Gasteiger partial charge in [-0.15, -0.1) is 0 Å². The molecule has 0 aromatic heterocycles. The molecule has 1 amide bonds. The van der Waals surface area contributed by atoms with Gasteiger partial charge in [-0.25, -0.2) is 8.42 Å². The van der Waals surface area contributed by atoms with E-state index in [4.69, 9.17) is 0 Å². The third-order valence-electron chi connectivity index (χ3n) is 4.66. The quantitative estimate of drug-likeness (QED) is 0.773. The number of nitrogens with one attached hydrogen (secondary N) is 2. The monoisotopic (exact) mass is 387 g/mol. The average molecular weight is 388 g/mol. The predicted octanol–water partition coefficient (Wildman–Crippen LogP) is 3.11. The third kappa shape index (κ3) is 4.67. The molecule has 0 radical (unpaired) electrons. The van der Waals surface area contributed by atoms with Gasteiger partial charge in [0, 0.05) is 18.7 Å². The van der Waals surface area contributed by atoms with Crippen LogP contribution in [0.1, 0.15) is 30.6 Å². The Morgan fingerprint density at radius 2 is 1.67 bits per heavy atom. The lowest BCUT2D eigenvalue weighted by molar-refractivity contribution is 0.0962. The second kappa shape index (κ2) is 8.10. The highest BCUT2D eigenvalue weighted by Crippen LogP contribution is 2.27. The van der Waals surface area contributed by atoms with Crippen molar-refractivity contribution in [3.05, 3.63) is 60.2 Å². The smallest absolute Gasteiger partial charge is 0.269 e. The molecule has 2 aromatic rings. The lowest BCUT2D eigenvalue weighted by Gasteiger charge is -2.34. The zero-order chi connectivity index (χ0) is 19.4. The maximum Gasteiger partial charge on any atom is 0.269 e. The van der Waals surface area contributed by atoms with Crippen LogP contribution in [0.15, 0.2) is 59.5 Å². The van der Waals surface area contributed by atoms with Crippen molar-refractivity contribution in [3.8, 4) is 0 Å². The summed E-state index contributed by atoms with van der Waals surface area (Å²) >= 11 is 0. The molecule has 2 unspecified atom stereocenters. The van der Waals surface area contributed by atoms with Crippen molar-refractivity contribution in [1.82, 2.24) is 9.73 Å². The van der Waals surface area contributed by atoms with Crippen molar-refractivity contribution in [3.63, 3.8) is 0 Å². The molecule has 7 heteroatoms. The van der Waals surface area contributed by atoms with Gasteiger partial charge in [-0.1, -0.05) is 38.1 Å². The summed E-state index contributed by atoms with van der Waals surface area (Å²) in [5.74, 6) is 0.256. The van der Waals surface area contributed by atoms with Gasteiger partial charge in [0.15, 0.2) is 0 Å². The number of carbonyl (C=O) groups excluding carboxylic acids is 1. The summed E-state index contributed by atoms with van der Waals surface area (Å²) < 4.78 is 27.6. The van der Waals surface area contributed by atoms with Crippen molar-refractivity contribution in [2.24, 2.45) is 11.8 Å². The number of nitrogens with zero attached hydrogens (tertiary/aromatic N) is 1. The van der Waals surface area contributed by atoms with Crippen LogP contribution in [0.5, 0.6) is 0 Å². The zero-order valence-corrected chi connectivity index (χ0v) is 16.4. The number of hydrogen-bond acceptors (Lipinski definition) is 4. The van der Waals surface area contributed by atoms with Gasteiger partial charge in [-0.2, -0.15) is 4.31 Å². The summed E-state index contributed by atoms with van der Waals surface area (Å²) in [6, 6.07) is 15.4. The molecular weight excluding hydrogens is 362 g/mol. The number of hydrogen-bond donors (Lipinski definition) is 2. The SMILES string of the molecule is CC1CC(C)CN(S(=O)(=O)c2cccc(C(=O)NNc3ccccc3)c2)C1. The molecule has 0 aliphatic carbocycles. The number of benzene rings is 2. The van der Waals surface area contributed by atoms with Gasteiger partial charge in [-0.3, -0.25) is 15.6 Å². The normalized spacial score (nSPS) is 20.8. The fourth-order valence-corrected chi connectivity index (χ4v) is 5.20. The maximum absolute atomic E-state index is 13.0. The standard InChI is InChI=1S/C20H25N3O3S/c1-15-11-16(2)14-23(13-15)27(25,26)19-10-6-7-17(12-19)20(24)22-21-18-8-4-3-5-9-18/h3-10,12,15-16,21H,11,13-14H2,1-2H3,(H,22,24). The lowest BCUT2D eigenvalue weighted by atomic mass is 9.94. The summed E-state index contributed by atoms with van der Waals surface area (Å²) in [6.07, 6.45) is 1.03. The van der Waals surface area contributed by atoms with E-state index in [1.165, 1.54) is 10.4 Å². The van der Waals surface area contributed by atoms with Gasteiger partial charge >= 0.3 is 0 Å². The molecule has 144 valence electrons. The van der Waals surface area contributed by atoms with Crippen LogP contribution in [0.3, 0.4) is 0 Å². The van der Waals surface area contributed by atoms with E-state index >= 15 is 0 Å². The van der Waals surface area contributed by atoms with Crippen molar-refractivity contribution in [2.75, 3.05) is 18.5 Å². The van der Waals surface area contributed by atoms with Crippen LogP contribution in [0, 0.1) is 11.8 Å². The Morgan fingerprint density at radius 1 is 1.00 bits per heavy atom. The van der Waals surface area contributed by atoms with Gasteiger partial charge in [0.2, 0.25) is 10.0 Å². The summed E-state index contributed by atoms with van der Waals surface area (Å²) in [7, 11) is -3.62. The molecule has 1 aliphatic heterocycles. The summed E-state index contributed by atoms with van der Waals surface area (Å²) in [5, 5.41) is 0. The highest BCUT2D eigenvalue weighted by Gasteiger charge is 2.31. The van der Waals surface area contributed by atoms with Crippen molar-refractivity contribution < 1.29 is 13.2 Å². The van der Waals surface area contributed by atoms with Gasteiger partial charge < -0.3 is 0 Å². The first-order valence-corrected chi connectivity index (χ1v) is 10.5. The summed E-state index contributed by atoms with van der Waals surface area (Å²) in [6.45, 7) is 5.16. The minimum Gasteiger partial charge on any atom is -0.298 e. The van der Waals surface area contributed by atoms with Crippen LogP contribution in [0.2, 0.25) is 0 Å². The predicted molar refractivity (Wildman–Crippen MR) is 106 cm³/mol. The van der Waals surface area contributed by atoms with Gasteiger partial charge in [0.1, 0.15) is 0 Å². The molecule has 1 heterocycles. The van der Waals surface area contributed by atoms with Crippen LogP contribution in [-0.4, -0.2) is 31.7 Å². The average Bonchev–Trinajstić information content (AvgIpc) is 2.66. The van der Waals surface area contributed by atoms with Gasteiger partial charge in [0.05, 0.1) is 10.6 Å². The molecule has 2 atom stereocenters. The minimum atomic E-state index is -3.62. The number of sulfonamides is 1. The van der Waals surface area contributed by atoms with Crippen molar-refractivity contribution >= 4 is 21.6 Å². The molecule has 1 aliphatic rings. The van der Waals surface area contributed by atoms with Crippen molar-refractivity contribution in [2.45, 2.75) is 25.2 Å². The van der Waals surface area contributed by atoms with E-state index in [-0.39, 0.29) is 10.5 Å². The first kappa shape index (κ1) is 19.4. The highest BCUT2D eigenvalue weighted by atomic mass is 32.2. The van der Waals surface area contributed by atoms with Crippen LogP contribution >= 0.6 is 0 Å². The number of para-hydroxylation sites is 1. The van der Waals surface area contributed by atoms with Crippen LogP contribution < -0.4 is 10.9 Å². The van der Waals surface area contributed by atoms with Gasteiger partial charge in [-0.05, 0) is 48.6 Å². The Balaban J connectivity index is 1.75. The van der Waals surface area contributed by atoms with Crippen LogP contribution in [0.4, 0.5) is 5.69 Å². The fourth-order valence-electron chi connectivity index (χ4n) is 3.47. The number of amides is 1. The third-order valence-corrected chi connectivity index (χ3v) is 6.49. The molecule has 27 heavy (non-hydrogen) atoms. The first-order valence-electron chi connectivity index (χ1n) is 9.08. The number of anilines is 1.